The van der Waals surface area contributed by atoms with Crippen LogP contribution in [0.1, 0.15) is 51.4 Å². The highest BCUT2D eigenvalue weighted by atomic mass is 16.4. The summed E-state index contributed by atoms with van der Waals surface area (Å²) in [7, 11) is 1.72. The second-order valence-corrected chi connectivity index (χ2v) is 9.64. The van der Waals surface area contributed by atoms with E-state index in [1.54, 1.807) is 24.3 Å². The number of carboxylic acids is 1. The van der Waals surface area contributed by atoms with Gasteiger partial charge in [-0.25, -0.2) is 0 Å². The summed E-state index contributed by atoms with van der Waals surface area (Å²) in [6.07, 6.45) is 10.2. The Morgan fingerprint density at radius 3 is 2.50 bits per heavy atom. The minimum absolute atomic E-state index is 0.0422. The molecule has 2 aromatic heterocycles. The molecule has 0 radical (unpaired) electrons. The number of carbonyl (C=O) groups is 2. The Morgan fingerprint density at radius 1 is 1.09 bits per heavy atom. The van der Waals surface area contributed by atoms with Crippen molar-refractivity contribution in [2.24, 2.45) is 5.41 Å². The van der Waals surface area contributed by atoms with Gasteiger partial charge in [-0.1, -0.05) is 12.8 Å². The summed E-state index contributed by atoms with van der Waals surface area (Å²) in [6, 6.07) is 3.87. The van der Waals surface area contributed by atoms with Gasteiger partial charge >= 0.3 is 5.97 Å². The Hall–Kier alpha value is -2.74. The first-order valence-electron chi connectivity index (χ1n) is 11.4. The molecule has 1 amide bonds. The van der Waals surface area contributed by atoms with Crippen molar-refractivity contribution in [2.75, 3.05) is 31.6 Å². The van der Waals surface area contributed by atoms with E-state index in [2.05, 4.69) is 14.9 Å². The number of amides is 1. The first kappa shape index (κ1) is 22.5. The van der Waals surface area contributed by atoms with E-state index in [4.69, 9.17) is 0 Å². The molecule has 0 spiro atoms. The fourth-order valence-corrected chi connectivity index (χ4v) is 5.42. The van der Waals surface area contributed by atoms with Gasteiger partial charge in [0, 0.05) is 62.8 Å². The summed E-state index contributed by atoms with van der Waals surface area (Å²) in [4.78, 5) is 36.7. The normalized spacial score (nSPS) is 19.8. The number of carbonyl (C=O) groups excluding carboxylic acids is 1. The lowest BCUT2D eigenvalue weighted by Gasteiger charge is -2.41. The highest BCUT2D eigenvalue weighted by Crippen LogP contribution is 2.44. The number of carboxylic acid groups (broad SMARTS) is 1. The van der Waals surface area contributed by atoms with E-state index in [1.165, 1.54) is 0 Å². The number of anilines is 1. The van der Waals surface area contributed by atoms with E-state index in [1.807, 2.05) is 18.3 Å². The predicted molar refractivity (Wildman–Crippen MR) is 121 cm³/mol. The Labute approximate surface area is 188 Å². The number of piperidine rings is 1. The van der Waals surface area contributed by atoms with Crippen molar-refractivity contribution in [2.45, 2.75) is 57.0 Å². The third-order valence-electron chi connectivity index (χ3n) is 7.23. The standard InChI is InChI=1S/C24H32N4O4/c1-27(21(29)14-23(15-22(30)31)6-2-3-7-23)17-24(32)8-12-28(13-9-24)20-5-11-26-19-4-10-25-16-18(19)20/h4-5,10-11,16,32H,2-3,6-9,12-15,17H2,1H3,(H,30,31). The van der Waals surface area contributed by atoms with Gasteiger partial charge in [-0.3, -0.25) is 19.6 Å². The molecule has 1 saturated carbocycles. The molecule has 2 fully saturated rings. The topological polar surface area (TPSA) is 107 Å². The maximum absolute atomic E-state index is 12.9. The minimum atomic E-state index is -0.947. The van der Waals surface area contributed by atoms with E-state index in [-0.39, 0.29) is 25.3 Å². The average Bonchev–Trinajstić information content (AvgIpc) is 3.21. The maximum Gasteiger partial charge on any atom is 0.303 e. The molecule has 172 valence electrons. The van der Waals surface area contributed by atoms with Crippen LogP contribution < -0.4 is 4.90 Å². The number of pyridine rings is 2. The van der Waals surface area contributed by atoms with Crippen LogP contribution in [-0.4, -0.2) is 69.2 Å². The van der Waals surface area contributed by atoms with E-state index >= 15 is 0 Å². The SMILES string of the molecule is CN(CC1(O)CCN(c2ccnc3ccncc23)CC1)C(=O)CC1(CC(=O)O)CCCC1. The summed E-state index contributed by atoms with van der Waals surface area (Å²) in [6.45, 7) is 1.62. The average molecular weight is 441 g/mol. The van der Waals surface area contributed by atoms with Crippen LogP contribution in [0.25, 0.3) is 10.9 Å². The number of hydrogen-bond donors (Lipinski definition) is 2. The van der Waals surface area contributed by atoms with Gasteiger partial charge < -0.3 is 20.0 Å². The zero-order valence-corrected chi connectivity index (χ0v) is 18.7. The van der Waals surface area contributed by atoms with Crippen molar-refractivity contribution in [3.63, 3.8) is 0 Å². The van der Waals surface area contributed by atoms with E-state index in [0.29, 0.717) is 25.9 Å². The third-order valence-corrected chi connectivity index (χ3v) is 7.23. The van der Waals surface area contributed by atoms with Gasteiger partial charge in [0.2, 0.25) is 5.91 Å². The quantitative estimate of drug-likeness (QED) is 0.682. The predicted octanol–water partition coefficient (Wildman–Crippen LogP) is 2.84. The van der Waals surface area contributed by atoms with Crippen LogP contribution in [0, 0.1) is 5.41 Å². The number of likely N-dealkylation sites (N-methyl/N-ethyl adjacent to an activating group) is 1. The fourth-order valence-electron chi connectivity index (χ4n) is 5.42. The fraction of sp³-hybridized carbons (Fsp3) is 0.583. The van der Waals surface area contributed by atoms with Crippen LogP contribution in [-0.2, 0) is 9.59 Å². The van der Waals surface area contributed by atoms with Crippen molar-refractivity contribution in [3.05, 3.63) is 30.7 Å². The van der Waals surface area contributed by atoms with Crippen molar-refractivity contribution >= 4 is 28.5 Å². The lowest BCUT2D eigenvalue weighted by molar-refractivity contribution is -0.142. The van der Waals surface area contributed by atoms with Crippen molar-refractivity contribution in [1.82, 2.24) is 14.9 Å². The van der Waals surface area contributed by atoms with Crippen LogP contribution in [0.3, 0.4) is 0 Å². The van der Waals surface area contributed by atoms with Crippen LogP contribution in [0.15, 0.2) is 30.7 Å². The second kappa shape index (κ2) is 9.02. The smallest absolute Gasteiger partial charge is 0.303 e. The monoisotopic (exact) mass is 440 g/mol. The molecule has 8 heteroatoms. The summed E-state index contributed by atoms with van der Waals surface area (Å²) in [5, 5.41) is 21.5. The van der Waals surface area contributed by atoms with Gasteiger partial charge in [0.05, 0.1) is 17.5 Å². The molecule has 3 heterocycles. The maximum atomic E-state index is 12.9. The molecule has 2 aromatic rings. The largest absolute Gasteiger partial charge is 0.481 e. The van der Waals surface area contributed by atoms with Gasteiger partial charge in [-0.2, -0.15) is 0 Å². The second-order valence-electron chi connectivity index (χ2n) is 9.64. The Bertz CT molecular complexity index is 976. The number of aromatic nitrogens is 2. The summed E-state index contributed by atoms with van der Waals surface area (Å²) >= 11 is 0. The molecule has 1 aliphatic heterocycles. The third kappa shape index (κ3) is 4.85. The lowest BCUT2D eigenvalue weighted by Crippen LogP contribution is -2.51. The van der Waals surface area contributed by atoms with E-state index in [0.717, 1.165) is 42.3 Å². The van der Waals surface area contributed by atoms with Gasteiger partial charge in [0.25, 0.3) is 0 Å². The highest BCUT2D eigenvalue weighted by molar-refractivity contribution is 5.90. The molecule has 4 rings (SSSR count). The molecular formula is C24H32N4O4. The molecule has 1 saturated heterocycles. The molecule has 1 aliphatic carbocycles. The van der Waals surface area contributed by atoms with Crippen LogP contribution in [0.5, 0.6) is 0 Å². The molecular weight excluding hydrogens is 408 g/mol. The Balaban J connectivity index is 1.37. The Morgan fingerprint density at radius 2 is 1.81 bits per heavy atom. The van der Waals surface area contributed by atoms with E-state index < -0.39 is 17.0 Å². The van der Waals surface area contributed by atoms with Gasteiger partial charge in [0.1, 0.15) is 0 Å². The molecule has 2 aliphatic rings. The first-order valence-corrected chi connectivity index (χ1v) is 11.4. The van der Waals surface area contributed by atoms with Crippen LogP contribution >= 0.6 is 0 Å². The zero-order valence-electron chi connectivity index (χ0n) is 18.7. The van der Waals surface area contributed by atoms with Crippen LogP contribution in [0.4, 0.5) is 5.69 Å². The summed E-state index contributed by atoms with van der Waals surface area (Å²) in [5.74, 6) is -0.914. The molecule has 0 atom stereocenters. The van der Waals surface area contributed by atoms with Gasteiger partial charge in [-0.15, -0.1) is 0 Å². The molecule has 2 N–H and O–H groups in total. The molecule has 0 bridgehead atoms. The molecule has 0 aromatic carbocycles. The Kier molecular flexibility index (Phi) is 6.33. The molecule has 8 nitrogen and oxygen atoms in total. The number of nitrogens with zero attached hydrogens (tertiary/aromatic N) is 4. The van der Waals surface area contributed by atoms with Gasteiger partial charge in [0.15, 0.2) is 0 Å². The van der Waals surface area contributed by atoms with Crippen molar-refractivity contribution < 1.29 is 19.8 Å². The number of aliphatic hydroxyl groups is 1. The number of rotatable bonds is 7. The zero-order chi connectivity index (χ0) is 22.8. The highest BCUT2D eigenvalue weighted by Gasteiger charge is 2.40. The minimum Gasteiger partial charge on any atom is -0.481 e. The summed E-state index contributed by atoms with van der Waals surface area (Å²) in [5.41, 5.74) is 0.578. The first-order chi connectivity index (χ1) is 15.3. The van der Waals surface area contributed by atoms with Gasteiger partial charge in [-0.05, 0) is 43.2 Å². The lowest BCUT2D eigenvalue weighted by atomic mass is 9.79. The van der Waals surface area contributed by atoms with Crippen molar-refractivity contribution in [1.29, 1.82) is 0 Å². The van der Waals surface area contributed by atoms with Crippen molar-refractivity contribution in [3.8, 4) is 0 Å². The summed E-state index contributed by atoms with van der Waals surface area (Å²) < 4.78 is 0. The number of hydrogen-bond acceptors (Lipinski definition) is 6. The van der Waals surface area contributed by atoms with E-state index in [9.17, 15) is 19.8 Å². The molecule has 32 heavy (non-hydrogen) atoms. The molecule has 0 unspecified atom stereocenters. The van der Waals surface area contributed by atoms with Crippen LogP contribution in [0.2, 0.25) is 0 Å². The number of aliphatic carboxylic acids is 1. The number of fused-ring (bicyclic) bond motifs is 1.